The van der Waals surface area contributed by atoms with Crippen LogP contribution in [0.5, 0.6) is 0 Å². The van der Waals surface area contributed by atoms with Gasteiger partial charge in [-0.1, -0.05) is 0 Å². The van der Waals surface area contributed by atoms with Gasteiger partial charge in [0.25, 0.3) is 0 Å². The fraction of sp³-hybridized carbons (Fsp3) is 1.00. The Balaban J connectivity index is 3.00. The molecule has 0 aliphatic rings. The van der Waals surface area contributed by atoms with Gasteiger partial charge in [-0.15, -0.1) is 0 Å². The van der Waals surface area contributed by atoms with E-state index in [1.165, 1.54) is 0 Å². The van der Waals surface area contributed by atoms with Crippen LogP contribution in [0.25, 0.3) is 0 Å². The Kier molecular flexibility index (Phi) is 7.23. The number of unbranched alkanes of at least 4 members (excludes halogenated alkanes) is 1. The second kappa shape index (κ2) is 7.30. The molecule has 0 heterocycles. The molecule has 0 aliphatic heterocycles. The molecule has 80 valence electrons. The van der Waals surface area contributed by atoms with E-state index in [2.05, 4.69) is 0 Å². The monoisotopic (exact) mass is 190 g/mol. The summed E-state index contributed by atoms with van der Waals surface area (Å²) in [6, 6.07) is 0. The minimum Gasteiger partial charge on any atom is -0.396 e. The van der Waals surface area contributed by atoms with Gasteiger partial charge in [0.1, 0.15) is 0 Å². The Morgan fingerprint density at radius 2 is 1.69 bits per heavy atom. The molecule has 0 aromatic carbocycles. The summed E-state index contributed by atoms with van der Waals surface area (Å²) in [6.07, 6.45) is 1.74. The van der Waals surface area contributed by atoms with Crippen molar-refractivity contribution in [1.82, 2.24) is 0 Å². The highest BCUT2D eigenvalue weighted by Gasteiger charge is 2.08. The maximum atomic E-state index is 8.50. The number of hydrogen-bond acceptors (Lipinski definition) is 3. The van der Waals surface area contributed by atoms with Crippen molar-refractivity contribution < 1.29 is 14.6 Å². The first kappa shape index (κ1) is 12.9. The molecule has 0 amide bonds. The molecule has 0 saturated heterocycles. The Labute approximate surface area is 81.0 Å². The molecule has 3 nitrogen and oxygen atoms in total. The van der Waals surface area contributed by atoms with Gasteiger partial charge in [-0.3, -0.25) is 0 Å². The highest BCUT2D eigenvalue weighted by atomic mass is 16.5. The molecule has 0 rings (SSSR count). The molecule has 0 spiro atoms. The molecule has 0 aromatic rings. The average molecular weight is 190 g/mol. The van der Waals surface area contributed by atoms with Crippen LogP contribution in [0.4, 0.5) is 0 Å². The summed E-state index contributed by atoms with van der Waals surface area (Å²) >= 11 is 0. The quantitative estimate of drug-likeness (QED) is 0.620. The van der Waals surface area contributed by atoms with Crippen LogP contribution >= 0.6 is 0 Å². The highest BCUT2D eigenvalue weighted by molar-refractivity contribution is 4.57. The summed E-state index contributed by atoms with van der Waals surface area (Å²) in [5.41, 5.74) is -0.0749. The summed E-state index contributed by atoms with van der Waals surface area (Å²) in [6.45, 7) is 8.33. The molecule has 0 unspecified atom stereocenters. The van der Waals surface area contributed by atoms with E-state index in [1.807, 2.05) is 20.8 Å². The summed E-state index contributed by atoms with van der Waals surface area (Å²) in [5, 5.41) is 8.50. The first-order valence-corrected chi connectivity index (χ1v) is 4.89. The molecule has 0 fully saturated rings. The molecule has 13 heavy (non-hydrogen) atoms. The maximum absolute atomic E-state index is 8.50. The lowest BCUT2D eigenvalue weighted by atomic mass is 10.2. The minimum absolute atomic E-state index is 0.0749. The van der Waals surface area contributed by atoms with Crippen molar-refractivity contribution in [2.75, 3.05) is 26.4 Å². The third-order valence-corrected chi connectivity index (χ3v) is 1.46. The van der Waals surface area contributed by atoms with E-state index in [-0.39, 0.29) is 12.2 Å². The minimum atomic E-state index is -0.0749. The van der Waals surface area contributed by atoms with Crippen molar-refractivity contribution in [3.63, 3.8) is 0 Å². The topological polar surface area (TPSA) is 38.7 Å². The third kappa shape index (κ3) is 11.9. The van der Waals surface area contributed by atoms with E-state index in [9.17, 15) is 0 Å². The van der Waals surface area contributed by atoms with Crippen molar-refractivity contribution in [3.05, 3.63) is 0 Å². The zero-order valence-corrected chi connectivity index (χ0v) is 9.01. The van der Waals surface area contributed by atoms with Gasteiger partial charge in [0, 0.05) is 13.2 Å². The average Bonchev–Trinajstić information content (AvgIpc) is 2.01. The molecule has 0 radical (unpaired) electrons. The largest absolute Gasteiger partial charge is 0.396 e. The third-order valence-electron chi connectivity index (χ3n) is 1.46. The lowest BCUT2D eigenvalue weighted by molar-refractivity contribution is -0.0353. The molecule has 0 aromatic heterocycles. The fourth-order valence-electron chi connectivity index (χ4n) is 0.825. The Morgan fingerprint density at radius 1 is 1.00 bits per heavy atom. The van der Waals surface area contributed by atoms with Crippen LogP contribution in [0, 0.1) is 0 Å². The summed E-state index contributed by atoms with van der Waals surface area (Å²) in [7, 11) is 0. The number of rotatable bonds is 7. The van der Waals surface area contributed by atoms with Gasteiger partial charge < -0.3 is 14.6 Å². The van der Waals surface area contributed by atoms with E-state index < -0.39 is 0 Å². The zero-order valence-electron chi connectivity index (χ0n) is 9.01. The van der Waals surface area contributed by atoms with Crippen molar-refractivity contribution in [1.29, 1.82) is 0 Å². The molecule has 0 atom stereocenters. The molecule has 0 bridgehead atoms. The molecule has 0 aliphatic carbocycles. The van der Waals surface area contributed by atoms with Gasteiger partial charge in [0.05, 0.1) is 18.8 Å². The van der Waals surface area contributed by atoms with Crippen LogP contribution in [0.2, 0.25) is 0 Å². The first-order valence-electron chi connectivity index (χ1n) is 4.89. The van der Waals surface area contributed by atoms with Crippen LogP contribution in [0.1, 0.15) is 33.6 Å². The van der Waals surface area contributed by atoms with E-state index in [4.69, 9.17) is 14.6 Å². The van der Waals surface area contributed by atoms with E-state index >= 15 is 0 Å². The Bertz CT molecular complexity index is 107. The fourth-order valence-corrected chi connectivity index (χ4v) is 0.825. The van der Waals surface area contributed by atoms with Crippen LogP contribution in [0.15, 0.2) is 0 Å². The van der Waals surface area contributed by atoms with Crippen LogP contribution in [-0.2, 0) is 9.47 Å². The summed E-state index contributed by atoms with van der Waals surface area (Å²) in [5.74, 6) is 0. The van der Waals surface area contributed by atoms with Gasteiger partial charge in [-0.2, -0.15) is 0 Å². The Hall–Kier alpha value is -0.120. The van der Waals surface area contributed by atoms with Gasteiger partial charge in [0.15, 0.2) is 0 Å². The van der Waals surface area contributed by atoms with Gasteiger partial charge >= 0.3 is 0 Å². The van der Waals surface area contributed by atoms with Crippen molar-refractivity contribution in [3.8, 4) is 0 Å². The highest BCUT2D eigenvalue weighted by Crippen LogP contribution is 2.05. The number of aliphatic hydroxyl groups is 1. The number of hydrogen-bond donors (Lipinski definition) is 1. The molecular formula is C10H22O3. The maximum Gasteiger partial charge on any atom is 0.0707 e. The normalized spacial score (nSPS) is 12.0. The van der Waals surface area contributed by atoms with E-state index in [0.717, 1.165) is 12.8 Å². The van der Waals surface area contributed by atoms with Crippen LogP contribution < -0.4 is 0 Å². The van der Waals surface area contributed by atoms with E-state index in [0.29, 0.717) is 19.8 Å². The lowest BCUT2D eigenvalue weighted by Gasteiger charge is -2.19. The number of aliphatic hydroxyl groups excluding tert-OH is 1. The lowest BCUT2D eigenvalue weighted by Crippen LogP contribution is -2.21. The van der Waals surface area contributed by atoms with Gasteiger partial charge in [-0.05, 0) is 33.6 Å². The number of ether oxygens (including phenoxy) is 2. The standard InChI is InChI=1S/C10H22O3/c1-10(2,3)13-9-8-12-7-5-4-6-11/h11H,4-9H2,1-3H3. The predicted octanol–water partition coefficient (Wildman–Crippen LogP) is 1.59. The zero-order chi connectivity index (χ0) is 10.2. The van der Waals surface area contributed by atoms with E-state index in [1.54, 1.807) is 0 Å². The predicted molar refractivity (Wildman–Crippen MR) is 52.8 cm³/mol. The van der Waals surface area contributed by atoms with Crippen molar-refractivity contribution in [2.45, 2.75) is 39.2 Å². The molecule has 0 saturated carbocycles. The Morgan fingerprint density at radius 3 is 2.23 bits per heavy atom. The summed E-state index contributed by atoms with van der Waals surface area (Å²) in [4.78, 5) is 0. The second-order valence-corrected chi connectivity index (χ2v) is 4.00. The van der Waals surface area contributed by atoms with Gasteiger partial charge in [-0.25, -0.2) is 0 Å². The van der Waals surface area contributed by atoms with Crippen LogP contribution in [-0.4, -0.2) is 37.1 Å². The molecular weight excluding hydrogens is 168 g/mol. The smallest absolute Gasteiger partial charge is 0.0707 e. The second-order valence-electron chi connectivity index (χ2n) is 4.00. The first-order chi connectivity index (χ1) is 6.06. The van der Waals surface area contributed by atoms with Crippen molar-refractivity contribution in [2.24, 2.45) is 0 Å². The molecule has 3 heteroatoms. The molecule has 1 N–H and O–H groups in total. The van der Waals surface area contributed by atoms with Crippen LogP contribution in [0.3, 0.4) is 0 Å². The van der Waals surface area contributed by atoms with Gasteiger partial charge in [0.2, 0.25) is 0 Å². The van der Waals surface area contributed by atoms with Crippen molar-refractivity contribution >= 4 is 0 Å². The SMILES string of the molecule is CC(C)(C)OCCOCCCCO. The summed E-state index contributed by atoms with van der Waals surface area (Å²) < 4.78 is 10.8.